The van der Waals surface area contributed by atoms with Gasteiger partial charge in [-0.3, -0.25) is 4.98 Å². The van der Waals surface area contributed by atoms with Crippen LogP contribution in [0.3, 0.4) is 0 Å². The van der Waals surface area contributed by atoms with Gasteiger partial charge >= 0.3 is 29.6 Å². The summed E-state index contributed by atoms with van der Waals surface area (Å²) in [5, 5.41) is 10.5. The third-order valence-electron chi connectivity index (χ3n) is 6.07. The standard InChI is InChI=1S/C27H31N3O3.Na/c31-25(32)20-33-18-10-9-17-30(23-15-7-8-16-23)24-19-28-26(21-11-3-1-4-12-21)27(29-24)22-13-5-2-6-14-22;/h1-6,11-14,19,23H,7-10,15-18,20H2,(H,31,32);/q;+1/p-1. The summed E-state index contributed by atoms with van der Waals surface area (Å²) >= 11 is 0. The molecule has 3 aromatic rings. The first-order chi connectivity index (χ1) is 16.2. The molecule has 1 aliphatic rings. The summed E-state index contributed by atoms with van der Waals surface area (Å²) in [7, 11) is 0. The molecule has 0 unspecified atom stereocenters. The predicted molar refractivity (Wildman–Crippen MR) is 128 cm³/mol. The second-order valence-corrected chi connectivity index (χ2v) is 8.42. The maximum atomic E-state index is 10.5. The fraction of sp³-hybridized carbons (Fsp3) is 0.370. The molecule has 0 saturated heterocycles. The number of carbonyl (C=O) groups excluding carboxylic acids is 1. The maximum Gasteiger partial charge on any atom is 1.00 e. The van der Waals surface area contributed by atoms with E-state index >= 15 is 0 Å². The average Bonchev–Trinajstić information content (AvgIpc) is 3.39. The Balaban J connectivity index is 0.00000324. The number of hydrogen-bond acceptors (Lipinski definition) is 6. The van der Waals surface area contributed by atoms with Crippen molar-refractivity contribution in [2.24, 2.45) is 0 Å². The summed E-state index contributed by atoms with van der Waals surface area (Å²) in [5.74, 6) is -0.277. The summed E-state index contributed by atoms with van der Waals surface area (Å²) in [5.41, 5.74) is 3.87. The van der Waals surface area contributed by atoms with Crippen molar-refractivity contribution < 1.29 is 44.2 Å². The number of carboxylic acid groups (broad SMARTS) is 1. The molecule has 0 N–H and O–H groups in total. The number of carboxylic acids is 1. The van der Waals surface area contributed by atoms with Crippen molar-refractivity contribution in [2.75, 3.05) is 24.7 Å². The summed E-state index contributed by atoms with van der Waals surface area (Å²) in [6.45, 7) is 0.909. The smallest absolute Gasteiger partial charge is 0.548 e. The Hall–Kier alpha value is -2.25. The van der Waals surface area contributed by atoms with Crippen molar-refractivity contribution in [3.8, 4) is 22.5 Å². The van der Waals surface area contributed by atoms with E-state index in [0.29, 0.717) is 12.6 Å². The third-order valence-corrected chi connectivity index (χ3v) is 6.07. The van der Waals surface area contributed by atoms with Crippen LogP contribution in [0.2, 0.25) is 0 Å². The third kappa shape index (κ3) is 7.12. The Labute approximate surface area is 223 Å². The number of aromatic nitrogens is 2. The van der Waals surface area contributed by atoms with Crippen molar-refractivity contribution in [1.82, 2.24) is 9.97 Å². The van der Waals surface area contributed by atoms with Crippen LogP contribution in [0.4, 0.5) is 5.82 Å². The molecule has 4 rings (SSSR count). The Morgan fingerprint density at radius 3 is 2.18 bits per heavy atom. The van der Waals surface area contributed by atoms with Crippen LogP contribution in [-0.2, 0) is 9.53 Å². The summed E-state index contributed by atoms with van der Waals surface area (Å²) in [4.78, 5) is 22.9. The van der Waals surface area contributed by atoms with Crippen LogP contribution in [-0.4, -0.2) is 41.7 Å². The van der Waals surface area contributed by atoms with E-state index in [1.54, 1.807) is 0 Å². The first-order valence-corrected chi connectivity index (χ1v) is 11.7. The van der Waals surface area contributed by atoms with Gasteiger partial charge in [0.1, 0.15) is 5.82 Å². The summed E-state index contributed by atoms with van der Waals surface area (Å²) in [6.07, 6.45) is 8.37. The van der Waals surface area contributed by atoms with Crippen LogP contribution in [0.15, 0.2) is 66.9 Å². The van der Waals surface area contributed by atoms with Gasteiger partial charge in [-0.05, 0) is 25.7 Å². The van der Waals surface area contributed by atoms with E-state index in [0.717, 1.165) is 60.6 Å². The zero-order valence-electron chi connectivity index (χ0n) is 19.9. The van der Waals surface area contributed by atoms with Gasteiger partial charge in [-0.25, -0.2) is 4.98 Å². The number of nitrogens with zero attached hydrogens (tertiary/aromatic N) is 3. The second kappa shape index (κ2) is 13.6. The monoisotopic (exact) mass is 467 g/mol. The number of unbranched alkanes of at least 4 members (excludes halogenated alkanes) is 1. The normalized spacial score (nSPS) is 13.4. The van der Waals surface area contributed by atoms with Gasteiger partial charge in [-0.2, -0.15) is 0 Å². The predicted octanol–water partition coefficient (Wildman–Crippen LogP) is 1.11. The minimum atomic E-state index is -1.18. The number of rotatable bonds is 11. The second-order valence-electron chi connectivity index (χ2n) is 8.42. The van der Waals surface area contributed by atoms with E-state index in [2.05, 4.69) is 29.2 Å². The molecule has 1 heterocycles. The van der Waals surface area contributed by atoms with Crippen LogP contribution in [0, 0.1) is 0 Å². The van der Waals surface area contributed by atoms with Crippen molar-refractivity contribution >= 4 is 11.8 Å². The molecule has 0 atom stereocenters. The molecule has 34 heavy (non-hydrogen) atoms. The molecule has 1 saturated carbocycles. The van der Waals surface area contributed by atoms with E-state index < -0.39 is 5.97 Å². The van der Waals surface area contributed by atoms with Gasteiger partial charge in [0.05, 0.1) is 30.2 Å². The van der Waals surface area contributed by atoms with Crippen LogP contribution in [0.5, 0.6) is 0 Å². The molecule has 172 valence electrons. The van der Waals surface area contributed by atoms with Gasteiger partial charge in [-0.1, -0.05) is 73.5 Å². The van der Waals surface area contributed by atoms with E-state index in [-0.39, 0.29) is 36.2 Å². The number of carbonyl (C=O) groups is 1. The number of ether oxygens (including phenoxy) is 1. The maximum absolute atomic E-state index is 10.5. The molecule has 1 aliphatic carbocycles. The van der Waals surface area contributed by atoms with Gasteiger partial charge in [0, 0.05) is 30.3 Å². The fourth-order valence-electron chi connectivity index (χ4n) is 4.46. The van der Waals surface area contributed by atoms with E-state index in [1.807, 2.05) is 42.6 Å². The molecule has 2 aromatic carbocycles. The Bertz CT molecular complexity index is 1030. The number of aliphatic carboxylic acids is 1. The number of anilines is 1. The largest absolute Gasteiger partial charge is 1.00 e. The molecule has 1 aromatic heterocycles. The molecule has 0 aliphatic heterocycles. The van der Waals surface area contributed by atoms with Crippen LogP contribution in [0.25, 0.3) is 22.5 Å². The van der Waals surface area contributed by atoms with Crippen molar-refractivity contribution in [3.05, 3.63) is 66.9 Å². The Morgan fingerprint density at radius 1 is 0.941 bits per heavy atom. The molecule has 0 spiro atoms. The van der Waals surface area contributed by atoms with Gasteiger partial charge in [0.2, 0.25) is 0 Å². The van der Waals surface area contributed by atoms with E-state index in [1.165, 1.54) is 12.8 Å². The zero-order chi connectivity index (χ0) is 22.9. The molecule has 0 bridgehead atoms. The zero-order valence-corrected chi connectivity index (χ0v) is 21.9. The topological polar surface area (TPSA) is 78.4 Å². The summed E-state index contributed by atoms with van der Waals surface area (Å²) < 4.78 is 5.14. The quantitative estimate of drug-likeness (QED) is 0.311. The molecule has 1 fully saturated rings. The fourth-order valence-corrected chi connectivity index (χ4v) is 4.46. The first-order valence-electron chi connectivity index (χ1n) is 11.7. The minimum absolute atomic E-state index is 0. The van der Waals surface area contributed by atoms with Crippen LogP contribution >= 0.6 is 0 Å². The van der Waals surface area contributed by atoms with Gasteiger partial charge in [0.25, 0.3) is 0 Å². The Kier molecular flexibility index (Phi) is 10.5. The average molecular weight is 468 g/mol. The Morgan fingerprint density at radius 2 is 1.56 bits per heavy atom. The molecule has 7 heteroatoms. The molecule has 6 nitrogen and oxygen atoms in total. The van der Waals surface area contributed by atoms with Crippen molar-refractivity contribution in [1.29, 1.82) is 0 Å². The molecule has 0 amide bonds. The van der Waals surface area contributed by atoms with Gasteiger partial charge in [-0.15, -0.1) is 0 Å². The van der Waals surface area contributed by atoms with Crippen molar-refractivity contribution in [3.63, 3.8) is 0 Å². The van der Waals surface area contributed by atoms with Crippen LogP contribution < -0.4 is 39.6 Å². The van der Waals surface area contributed by atoms with Crippen molar-refractivity contribution in [2.45, 2.75) is 44.6 Å². The number of benzene rings is 2. The SMILES string of the molecule is O=C([O-])COCCCCN(c1cnc(-c2ccccc2)c(-c2ccccc2)n1)C1CCCC1.[Na+]. The van der Waals surface area contributed by atoms with Crippen LogP contribution in [0.1, 0.15) is 38.5 Å². The molecular formula is C27H30N3NaO3. The minimum Gasteiger partial charge on any atom is -0.548 e. The van der Waals surface area contributed by atoms with E-state index in [4.69, 9.17) is 14.7 Å². The number of hydrogen-bond donors (Lipinski definition) is 0. The summed E-state index contributed by atoms with van der Waals surface area (Å²) in [6, 6.07) is 20.9. The van der Waals surface area contributed by atoms with Gasteiger partial charge < -0.3 is 19.5 Å². The molecular weight excluding hydrogens is 437 g/mol. The van der Waals surface area contributed by atoms with E-state index in [9.17, 15) is 9.90 Å². The molecule has 0 radical (unpaired) electrons. The first kappa shape index (κ1) is 26.4. The van der Waals surface area contributed by atoms with Gasteiger partial charge in [0.15, 0.2) is 0 Å².